The molecule has 26 heavy (non-hydrogen) atoms. The zero-order valence-corrected chi connectivity index (χ0v) is 15.1. The summed E-state index contributed by atoms with van der Waals surface area (Å²) in [5.41, 5.74) is 0. The minimum atomic E-state index is -3.91. The first-order valence-corrected chi connectivity index (χ1v) is 9.48. The summed E-state index contributed by atoms with van der Waals surface area (Å²) < 4.78 is 31.2. The van der Waals surface area contributed by atoms with E-state index in [1.807, 2.05) is 0 Å². The third-order valence-electron chi connectivity index (χ3n) is 3.89. The Balaban J connectivity index is 2.09. The summed E-state index contributed by atoms with van der Waals surface area (Å²) in [6.07, 6.45) is -0.343. The summed E-state index contributed by atoms with van der Waals surface area (Å²) in [5.74, 6) is -1.53. The number of amides is 2. The topological polar surface area (TPSA) is 122 Å². The van der Waals surface area contributed by atoms with Gasteiger partial charge in [0.2, 0.25) is 21.8 Å². The van der Waals surface area contributed by atoms with E-state index in [0.29, 0.717) is 0 Å². The van der Waals surface area contributed by atoms with Gasteiger partial charge in [-0.15, -0.1) is 0 Å². The summed E-state index contributed by atoms with van der Waals surface area (Å²) in [5, 5.41) is 5.06. The summed E-state index contributed by atoms with van der Waals surface area (Å²) in [4.78, 5) is 35.4. The van der Waals surface area contributed by atoms with Crippen LogP contribution in [0.25, 0.3) is 0 Å². The van der Waals surface area contributed by atoms with Crippen LogP contribution in [0.4, 0.5) is 0 Å². The number of piperazine rings is 1. The van der Waals surface area contributed by atoms with E-state index < -0.39 is 33.8 Å². The zero-order valence-electron chi connectivity index (χ0n) is 14.3. The molecule has 2 amide bonds. The molecule has 142 valence electrons. The average molecular weight is 383 g/mol. The van der Waals surface area contributed by atoms with Crippen LogP contribution in [0.5, 0.6) is 0 Å². The largest absolute Gasteiger partial charge is 0.469 e. The van der Waals surface area contributed by atoms with Gasteiger partial charge in [-0.2, -0.15) is 4.31 Å². The molecule has 0 aromatic heterocycles. The Morgan fingerprint density at radius 1 is 1.31 bits per heavy atom. The van der Waals surface area contributed by atoms with Gasteiger partial charge in [-0.25, -0.2) is 8.42 Å². The summed E-state index contributed by atoms with van der Waals surface area (Å²) >= 11 is 0. The van der Waals surface area contributed by atoms with Gasteiger partial charge in [-0.1, -0.05) is 18.2 Å². The van der Waals surface area contributed by atoms with E-state index in [9.17, 15) is 22.8 Å². The molecule has 2 rings (SSSR count). The molecule has 1 heterocycles. The number of benzene rings is 1. The molecule has 1 saturated heterocycles. The zero-order chi connectivity index (χ0) is 19.2. The van der Waals surface area contributed by atoms with Crippen LogP contribution in [0.1, 0.15) is 12.8 Å². The average Bonchev–Trinajstić information content (AvgIpc) is 2.63. The van der Waals surface area contributed by atoms with E-state index in [1.165, 1.54) is 19.2 Å². The maximum absolute atomic E-state index is 12.8. The third kappa shape index (κ3) is 4.79. The van der Waals surface area contributed by atoms with Crippen molar-refractivity contribution in [1.29, 1.82) is 0 Å². The Hall–Kier alpha value is -2.46. The molecule has 0 radical (unpaired) electrons. The molecule has 1 atom stereocenters. The van der Waals surface area contributed by atoms with Gasteiger partial charge in [-0.3, -0.25) is 14.4 Å². The van der Waals surface area contributed by atoms with Crippen molar-refractivity contribution in [2.24, 2.45) is 0 Å². The molecule has 1 aliphatic heterocycles. The lowest BCUT2D eigenvalue weighted by Gasteiger charge is -2.33. The maximum Gasteiger partial charge on any atom is 0.307 e. The molecule has 0 unspecified atom stereocenters. The molecule has 0 aliphatic carbocycles. The SMILES string of the molecule is COC(=O)CCNC(=O)C[C@@H]1C(=O)NCCN1S(=O)(=O)c1ccccc1. The van der Waals surface area contributed by atoms with E-state index in [4.69, 9.17) is 0 Å². The highest BCUT2D eigenvalue weighted by atomic mass is 32.2. The Morgan fingerprint density at radius 2 is 2.00 bits per heavy atom. The number of hydrogen-bond donors (Lipinski definition) is 2. The summed E-state index contributed by atoms with van der Waals surface area (Å²) in [6.45, 7) is 0.291. The molecule has 1 aromatic rings. The van der Waals surface area contributed by atoms with E-state index >= 15 is 0 Å². The van der Waals surface area contributed by atoms with Crippen molar-refractivity contribution in [1.82, 2.24) is 14.9 Å². The second kappa shape index (κ2) is 8.77. The maximum atomic E-state index is 12.8. The highest BCUT2D eigenvalue weighted by molar-refractivity contribution is 7.89. The van der Waals surface area contributed by atoms with Crippen molar-refractivity contribution < 1.29 is 27.5 Å². The minimum Gasteiger partial charge on any atom is -0.469 e. The highest BCUT2D eigenvalue weighted by Gasteiger charge is 2.39. The van der Waals surface area contributed by atoms with Crippen LogP contribution >= 0.6 is 0 Å². The van der Waals surface area contributed by atoms with Crippen molar-refractivity contribution in [3.63, 3.8) is 0 Å². The number of rotatable bonds is 7. The van der Waals surface area contributed by atoms with Gasteiger partial charge < -0.3 is 15.4 Å². The van der Waals surface area contributed by atoms with Crippen molar-refractivity contribution >= 4 is 27.8 Å². The number of methoxy groups -OCH3 is 1. The predicted octanol–water partition coefficient (Wildman–Crippen LogP) is -0.755. The molecular formula is C16H21N3O6S. The lowest BCUT2D eigenvalue weighted by molar-refractivity contribution is -0.140. The van der Waals surface area contributed by atoms with Gasteiger partial charge in [-0.05, 0) is 12.1 Å². The van der Waals surface area contributed by atoms with Gasteiger partial charge in [0, 0.05) is 19.6 Å². The third-order valence-corrected chi connectivity index (χ3v) is 5.81. The fourth-order valence-corrected chi connectivity index (χ4v) is 4.17. The second-order valence-corrected chi connectivity index (χ2v) is 7.51. The highest BCUT2D eigenvalue weighted by Crippen LogP contribution is 2.21. The van der Waals surface area contributed by atoms with Crippen LogP contribution < -0.4 is 10.6 Å². The van der Waals surface area contributed by atoms with E-state index in [2.05, 4.69) is 15.4 Å². The van der Waals surface area contributed by atoms with Gasteiger partial charge >= 0.3 is 5.97 Å². The number of nitrogens with one attached hydrogen (secondary N) is 2. The Bertz CT molecular complexity index is 765. The van der Waals surface area contributed by atoms with Crippen molar-refractivity contribution in [2.75, 3.05) is 26.7 Å². The monoisotopic (exact) mass is 383 g/mol. The van der Waals surface area contributed by atoms with Crippen LogP contribution in [-0.2, 0) is 29.1 Å². The van der Waals surface area contributed by atoms with E-state index in [-0.39, 0.29) is 37.4 Å². The van der Waals surface area contributed by atoms with Gasteiger partial charge in [0.05, 0.1) is 24.8 Å². The Kier molecular flexibility index (Phi) is 6.70. The molecule has 0 bridgehead atoms. The second-order valence-electron chi connectivity index (χ2n) is 5.62. The van der Waals surface area contributed by atoms with Crippen molar-refractivity contribution in [3.05, 3.63) is 30.3 Å². The molecule has 1 aromatic carbocycles. The number of ether oxygens (including phenoxy) is 1. The number of esters is 1. The quantitative estimate of drug-likeness (QED) is 0.597. The first-order chi connectivity index (χ1) is 12.4. The van der Waals surface area contributed by atoms with Gasteiger partial charge in [0.25, 0.3) is 0 Å². The normalized spacial score (nSPS) is 18.0. The fourth-order valence-electron chi connectivity index (χ4n) is 2.56. The molecular weight excluding hydrogens is 362 g/mol. The first-order valence-electron chi connectivity index (χ1n) is 8.04. The van der Waals surface area contributed by atoms with Gasteiger partial charge in [0.1, 0.15) is 6.04 Å². The van der Waals surface area contributed by atoms with Crippen molar-refractivity contribution in [3.8, 4) is 0 Å². The number of nitrogens with zero attached hydrogens (tertiary/aromatic N) is 1. The minimum absolute atomic E-state index is 0.00880. The number of carbonyl (C=O) groups excluding carboxylic acids is 3. The van der Waals surface area contributed by atoms with Crippen LogP contribution in [0.3, 0.4) is 0 Å². The smallest absolute Gasteiger partial charge is 0.307 e. The molecule has 1 fully saturated rings. The Morgan fingerprint density at radius 3 is 2.65 bits per heavy atom. The van der Waals surface area contributed by atoms with Crippen molar-refractivity contribution in [2.45, 2.75) is 23.8 Å². The molecule has 10 heteroatoms. The fraction of sp³-hybridized carbons (Fsp3) is 0.438. The van der Waals surface area contributed by atoms with Crippen LogP contribution in [0.2, 0.25) is 0 Å². The Labute approximate surface area is 151 Å². The van der Waals surface area contributed by atoms with Crippen LogP contribution in [0, 0.1) is 0 Å². The van der Waals surface area contributed by atoms with E-state index in [1.54, 1.807) is 18.2 Å². The number of hydrogen-bond acceptors (Lipinski definition) is 6. The predicted molar refractivity (Wildman–Crippen MR) is 91.4 cm³/mol. The number of sulfonamides is 1. The van der Waals surface area contributed by atoms with Crippen LogP contribution in [0.15, 0.2) is 35.2 Å². The van der Waals surface area contributed by atoms with E-state index in [0.717, 1.165) is 4.31 Å². The number of carbonyl (C=O) groups is 3. The lowest BCUT2D eigenvalue weighted by atomic mass is 10.1. The summed E-state index contributed by atoms with van der Waals surface area (Å²) in [6, 6.07) is 6.60. The molecule has 2 N–H and O–H groups in total. The standard InChI is InChI=1S/C16H21N3O6S/c1-25-15(21)7-8-17-14(20)11-13-16(22)18-9-10-19(13)26(23,24)12-5-3-2-4-6-12/h2-6,13H,7-11H2,1H3,(H,17,20)(H,18,22)/t13-/m1/s1. The molecule has 0 saturated carbocycles. The molecule has 1 aliphatic rings. The first kappa shape index (κ1) is 19.9. The van der Waals surface area contributed by atoms with Gasteiger partial charge in [0.15, 0.2) is 0 Å². The lowest BCUT2D eigenvalue weighted by Crippen LogP contribution is -2.58. The molecule has 0 spiro atoms. The molecule has 9 nitrogen and oxygen atoms in total. The summed E-state index contributed by atoms with van der Waals surface area (Å²) in [7, 11) is -2.67. The van der Waals surface area contributed by atoms with Crippen LogP contribution in [-0.4, -0.2) is 63.3 Å².